The average molecular weight is 373 g/mol. The van der Waals surface area contributed by atoms with Gasteiger partial charge >= 0.3 is 0 Å². The first-order valence-corrected chi connectivity index (χ1v) is 10.0. The summed E-state index contributed by atoms with van der Waals surface area (Å²) in [4.78, 5) is 29.0. The van der Waals surface area contributed by atoms with Gasteiger partial charge in [-0.15, -0.1) is 0 Å². The Hall–Kier alpha value is -2.08. The van der Waals surface area contributed by atoms with Crippen LogP contribution in [0.1, 0.15) is 31.2 Å². The molecule has 3 rings (SSSR count). The highest BCUT2D eigenvalue weighted by Gasteiger charge is 2.25. The zero-order valence-corrected chi connectivity index (χ0v) is 16.3. The summed E-state index contributed by atoms with van der Waals surface area (Å²) in [5.74, 6) is 1.41. The lowest BCUT2D eigenvalue weighted by Crippen LogP contribution is -2.47. The van der Waals surface area contributed by atoms with Crippen molar-refractivity contribution in [1.29, 1.82) is 0 Å². The van der Waals surface area contributed by atoms with Crippen molar-refractivity contribution in [3.05, 3.63) is 29.8 Å². The summed E-state index contributed by atoms with van der Waals surface area (Å²) in [5.41, 5.74) is 0.972. The Bertz CT molecular complexity index is 626. The normalized spacial score (nSPS) is 20.5. The van der Waals surface area contributed by atoms with Crippen molar-refractivity contribution < 1.29 is 14.3 Å². The quantitative estimate of drug-likeness (QED) is 0.790. The second kappa shape index (κ2) is 9.74. The highest BCUT2D eigenvalue weighted by Crippen LogP contribution is 2.17. The van der Waals surface area contributed by atoms with E-state index in [0.717, 1.165) is 50.3 Å². The second-order valence-electron chi connectivity index (χ2n) is 7.66. The molecule has 0 aromatic heterocycles. The van der Waals surface area contributed by atoms with Gasteiger partial charge in [-0.3, -0.25) is 14.5 Å². The molecular formula is C21H31N3O3. The molecule has 6 nitrogen and oxygen atoms in total. The fraction of sp³-hybridized carbons (Fsp3) is 0.619. The van der Waals surface area contributed by atoms with Crippen molar-refractivity contribution in [2.75, 3.05) is 46.4 Å². The molecule has 148 valence electrons. The van der Waals surface area contributed by atoms with Crippen molar-refractivity contribution in [3.63, 3.8) is 0 Å². The number of piperidine rings is 1. The molecular weight excluding hydrogens is 342 g/mol. The van der Waals surface area contributed by atoms with E-state index in [0.29, 0.717) is 25.4 Å². The van der Waals surface area contributed by atoms with Crippen LogP contribution in [0.3, 0.4) is 0 Å². The minimum absolute atomic E-state index is 0.0284. The van der Waals surface area contributed by atoms with Gasteiger partial charge in [0.2, 0.25) is 11.8 Å². The number of benzene rings is 1. The fourth-order valence-electron chi connectivity index (χ4n) is 3.94. The first-order chi connectivity index (χ1) is 13.1. The number of rotatable bonds is 7. The number of amides is 2. The number of carbonyl (C=O) groups excluding carboxylic acids is 2. The summed E-state index contributed by atoms with van der Waals surface area (Å²) in [7, 11) is 1.63. The van der Waals surface area contributed by atoms with Gasteiger partial charge in [0.05, 0.1) is 20.1 Å². The van der Waals surface area contributed by atoms with Crippen molar-refractivity contribution in [1.82, 2.24) is 15.1 Å². The molecule has 2 saturated heterocycles. The molecule has 2 aliphatic heterocycles. The summed E-state index contributed by atoms with van der Waals surface area (Å²) in [5, 5.41) is 3.04. The summed E-state index contributed by atoms with van der Waals surface area (Å²) >= 11 is 0. The van der Waals surface area contributed by atoms with Crippen LogP contribution in [-0.4, -0.2) is 68.0 Å². The largest absolute Gasteiger partial charge is 0.497 e. The molecule has 2 amide bonds. The highest BCUT2D eigenvalue weighted by atomic mass is 16.5. The van der Waals surface area contributed by atoms with Crippen LogP contribution >= 0.6 is 0 Å². The van der Waals surface area contributed by atoms with Gasteiger partial charge in [-0.1, -0.05) is 12.1 Å². The monoisotopic (exact) mass is 373 g/mol. The molecule has 6 heteroatoms. The SMILES string of the molecule is COc1ccc(CC(=O)NCC2CCCN(C(=O)CN3CCCC3)C2)cc1. The molecule has 0 radical (unpaired) electrons. The van der Waals surface area contributed by atoms with Crippen LogP contribution < -0.4 is 10.1 Å². The van der Waals surface area contributed by atoms with Crippen LogP contribution in [0.25, 0.3) is 0 Å². The summed E-state index contributed by atoms with van der Waals surface area (Å²) < 4.78 is 5.14. The van der Waals surface area contributed by atoms with E-state index < -0.39 is 0 Å². The molecule has 27 heavy (non-hydrogen) atoms. The van der Waals surface area contributed by atoms with E-state index in [1.165, 1.54) is 12.8 Å². The van der Waals surface area contributed by atoms with Gasteiger partial charge in [-0.2, -0.15) is 0 Å². The molecule has 1 unspecified atom stereocenters. The lowest BCUT2D eigenvalue weighted by molar-refractivity contribution is -0.134. The second-order valence-corrected chi connectivity index (χ2v) is 7.66. The zero-order chi connectivity index (χ0) is 19.1. The number of nitrogens with zero attached hydrogens (tertiary/aromatic N) is 2. The van der Waals surface area contributed by atoms with Gasteiger partial charge in [0.25, 0.3) is 0 Å². The minimum atomic E-state index is 0.0284. The van der Waals surface area contributed by atoms with E-state index in [2.05, 4.69) is 10.2 Å². The molecule has 0 bridgehead atoms. The van der Waals surface area contributed by atoms with E-state index in [-0.39, 0.29) is 11.8 Å². The number of hydrogen-bond donors (Lipinski definition) is 1. The first-order valence-electron chi connectivity index (χ1n) is 10.0. The number of nitrogens with one attached hydrogen (secondary N) is 1. The molecule has 1 aromatic rings. The van der Waals surface area contributed by atoms with Crippen molar-refractivity contribution in [2.24, 2.45) is 5.92 Å². The maximum Gasteiger partial charge on any atom is 0.236 e. The molecule has 2 fully saturated rings. The molecule has 0 aliphatic carbocycles. The lowest BCUT2D eigenvalue weighted by Gasteiger charge is -2.34. The Morgan fingerprint density at radius 2 is 1.85 bits per heavy atom. The first kappa shape index (κ1) is 19.7. The minimum Gasteiger partial charge on any atom is -0.497 e. The molecule has 2 heterocycles. The third-order valence-corrected chi connectivity index (χ3v) is 5.54. The van der Waals surface area contributed by atoms with Gasteiger partial charge in [0.15, 0.2) is 0 Å². The Labute approximate surface area is 161 Å². The van der Waals surface area contributed by atoms with E-state index in [9.17, 15) is 9.59 Å². The molecule has 1 N–H and O–H groups in total. The van der Waals surface area contributed by atoms with Crippen molar-refractivity contribution >= 4 is 11.8 Å². The van der Waals surface area contributed by atoms with E-state index in [1.807, 2.05) is 29.2 Å². The van der Waals surface area contributed by atoms with Crippen LogP contribution in [0.2, 0.25) is 0 Å². The van der Waals surface area contributed by atoms with Gasteiger partial charge in [0.1, 0.15) is 5.75 Å². The number of carbonyl (C=O) groups is 2. The Morgan fingerprint density at radius 1 is 1.11 bits per heavy atom. The van der Waals surface area contributed by atoms with Crippen LogP contribution in [0.5, 0.6) is 5.75 Å². The molecule has 0 spiro atoms. The van der Waals surface area contributed by atoms with E-state index in [4.69, 9.17) is 4.74 Å². The number of likely N-dealkylation sites (tertiary alicyclic amines) is 2. The van der Waals surface area contributed by atoms with E-state index >= 15 is 0 Å². The Morgan fingerprint density at radius 3 is 2.56 bits per heavy atom. The van der Waals surface area contributed by atoms with Crippen LogP contribution in [0, 0.1) is 5.92 Å². The standard InChI is InChI=1S/C21H31N3O3/c1-27-19-8-6-17(7-9-19)13-20(25)22-14-18-5-4-12-24(15-18)21(26)16-23-10-2-3-11-23/h6-9,18H,2-5,10-16H2,1H3,(H,22,25). The fourth-order valence-corrected chi connectivity index (χ4v) is 3.94. The van der Waals surface area contributed by atoms with Gasteiger partial charge in [-0.05, 0) is 62.4 Å². The topological polar surface area (TPSA) is 61.9 Å². The van der Waals surface area contributed by atoms with Crippen LogP contribution in [0.15, 0.2) is 24.3 Å². The highest BCUT2D eigenvalue weighted by molar-refractivity contribution is 5.79. The smallest absolute Gasteiger partial charge is 0.236 e. The van der Waals surface area contributed by atoms with Crippen LogP contribution in [0.4, 0.5) is 0 Å². The number of ether oxygens (including phenoxy) is 1. The molecule has 1 aromatic carbocycles. The maximum atomic E-state index is 12.5. The van der Waals surface area contributed by atoms with Gasteiger partial charge in [-0.25, -0.2) is 0 Å². The number of methoxy groups -OCH3 is 1. The lowest BCUT2D eigenvalue weighted by atomic mass is 9.97. The van der Waals surface area contributed by atoms with Crippen LogP contribution in [-0.2, 0) is 16.0 Å². The predicted octanol–water partition coefficient (Wildman–Crippen LogP) is 1.69. The average Bonchev–Trinajstić information content (AvgIpc) is 3.20. The molecule has 0 saturated carbocycles. The van der Waals surface area contributed by atoms with Gasteiger partial charge < -0.3 is 15.0 Å². The zero-order valence-electron chi connectivity index (χ0n) is 16.3. The summed E-state index contributed by atoms with van der Waals surface area (Å²) in [6, 6.07) is 7.57. The summed E-state index contributed by atoms with van der Waals surface area (Å²) in [6.07, 6.45) is 4.86. The number of hydrogen-bond acceptors (Lipinski definition) is 4. The third kappa shape index (κ3) is 5.96. The molecule has 1 atom stereocenters. The van der Waals surface area contributed by atoms with Gasteiger partial charge in [0, 0.05) is 19.6 Å². The summed E-state index contributed by atoms with van der Waals surface area (Å²) in [6.45, 7) is 4.90. The van der Waals surface area contributed by atoms with Crippen molar-refractivity contribution in [2.45, 2.75) is 32.1 Å². The molecule has 2 aliphatic rings. The van der Waals surface area contributed by atoms with Crippen molar-refractivity contribution in [3.8, 4) is 5.75 Å². The Balaban J connectivity index is 1.40. The third-order valence-electron chi connectivity index (χ3n) is 5.54. The Kier molecular flexibility index (Phi) is 7.10. The maximum absolute atomic E-state index is 12.5. The predicted molar refractivity (Wildman–Crippen MR) is 105 cm³/mol. The van der Waals surface area contributed by atoms with E-state index in [1.54, 1.807) is 7.11 Å².